The first-order chi connectivity index (χ1) is 6.45. The van der Waals surface area contributed by atoms with Gasteiger partial charge in [0.15, 0.2) is 0 Å². The first-order valence-electron chi connectivity index (χ1n) is 3.61. The van der Waals surface area contributed by atoms with Crippen LogP contribution >= 0.6 is 0 Å². The Bertz CT molecular complexity index is 324. The highest BCUT2D eigenvalue weighted by molar-refractivity contribution is 5.46. The van der Waals surface area contributed by atoms with E-state index in [2.05, 4.69) is 4.84 Å². The van der Waals surface area contributed by atoms with E-state index in [1.165, 1.54) is 7.11 Å². The van der Waals surface area contributed by atoms with E-state index >= 15 is 0 Å². The van der Waals surface area contributed by atoms with Crippen molar-refractivity contribution in [3.05, 3.63) is 29.6 Å². The van der Waals surface area contributed by atoms with Crippen molar-refractivity contribution in [1.82, 2.24) is 0 Å². The van der Waals surface area contributed by atoms with Crippen LogP contribution in [0.1, 0.15) is 5.56 Å². The molecule has 0 unspecified atom stereocenters. The summed E-state index contributed by atoms with van der Waals surface area (Å²) in [6.45, 7) is 0. The van der Waals surface area contributed by atoms with Crippen molar-refractivity contribution in [3.63, 3.8) is 0 Å². The third-order valence-corrected chi connectivity index (χ3v) is 1.51. The van der Waals surface area contributed by atoms with E-state index in [-0.39, 0.29) is 5.69 Å². The highest BCUT2D eigenvalue weighted by Gasteiger charge is 2.31. The molecule has 0 atom stereocenters. The zero-order chi connectivity index (χ0) is 10.8. The topological polar surface area (TPSA) is 21.3 Å². The molecular formula is C8H7F4NO. The molecule has 0 aliphatic heterocycles. The summed E-state index contributed by atoms with van der Waals surface area (Å²) in [5.74, 6) is -0.806. The Morgan fingerprint density at radius 1 is 1.29 bits per heavy atom. The SMILES string of the molecule is CONc1cc(C(F)(F)F)ccc1F. The number of rotatable bonds is 2. The molecule has 78 valence electrons. The maximum Gasteiger partial charge on any atom is 0.416 e. The van der Waals surface area contributed by atoms with Gasteiger partial charge in [0, 0.05) is 0 Å². The van der Waals surface area contributed by atoms with Crippen LogP contribution in [0.2, 0.25) is 0 Å². The van der Waals surface area contributed by atoms with Gasteiger partial charge in [0.2, 0.25) is 0 Å². The molecule has 6 heteroatoms. The third kappa shape index (κ3) is 2.35. The zero-order valence-corrected chi connectivity index (χ0v) is 7.15. The van der Waals surface area contributed by atoms with E-state index in [9.17, 15) is 17.6 Å². The molecule has 2 nitrogen and oxygen atoms in total. The standard InChI is InChI=1S/C8H7F4NO/c1-14-13-7-4-5(8(10,11)12)2-3-6(7)9/h2-4,13H,1H3. The highest BCUT2D eigenvalue weighted by atomic mass is 19.4. The van der Waals surface area contributed by atoms with Gasteiger partial charge in [0.05, 0.1) is 18.4 Å². The number of alkyl halides is 3. The maximum absolute atomic E-state index is 12.8. The van der Waals surface area contributed by atoms with E-state index in [0.29, 0.717) is 12.1 Å². The van der Waals surface area contributed by atoms with E-state index in [0.717, 1.165) is 6.07 Å². The molecule has 1 rings (SSSR count). The lowest BCUT2D eigenvalue weighted by molar-refractivity contribution is -0.137. The summed E-state index contributed by atoms with van der Waals surface area (Å²) in [7, 11) is 1.18. The molecule has 0 bridgehead atoms. The number of halogens is 4. The quantitative estimate of drug-likeness (QED) is 0.597. The second-order valence-corrected chi connectivity index (χ2v) is 2.50. The van der Waals surface area contributed by atoms with Gasteiger partial charge in [0.1, 0.15) is 5.82 Å². The minimum atomic E-state index is -4.49. The maximum atomic E-state index is 12.8. The monoisotopic (exact) mass is 209 g/mol. The Balaban J connectivity index is 3.06. The predicted molar refractivity (Wildman–Crippen MR) is 42.0 cm³/mol. The summed E-state index contributed by atoms with van der Waals surface area (Å²) in [4.78, 5) is 4.32. The lowest BCUT2D eigenvalue weighted by Gasteiger charge is -2.09. The second kappa shape index (κ2) is 3.83. The molecule has 0 amide bonds. The second-order valence-electron chi connectivity index (χ2n) is 2.50. The van der Waals surface area contributed by atoms with Crippen LogP contribution in [0.15, 0.2) is 18.2 Å². The van der Waals surface area contributed by atoms with Crippen molar-refractivity contribution in [2.24, 2.45) is 0 Å². The average Bonchev–Trinajstić information content (AvgIpc) is 2.07. The number of benzene rings is 1. The smallest absolute Gasteiger partial charge is 0.279 e. The summed E-state index contributed by atoms with van der Waals surface area (Å²) in [5, 5.41) is 0. The molecule has 0 spiro atoms. The van der Waals surface area contributed by atoms with Crippen LogP contribution in [0.25, 0.3) is 0 Å². The first kappa shape index (κ1) is 10.8. The van der Waals surface area contributed by atoms with Crippen LogP contribution < -0.4 is 5.48 Å². The Kier molecular flexibility index (Phi) is 2.95. The van der Waals surface area contributed by atoms with Gasteiger partial charge in [-0.25, -0.2) is 4.39 Å². The van der Waals surface area contributed by atoms with Crippen LogP contribution in [0.3, 0.4) is 0 Å². The number of hydrogen-bond donors (Lipinski definition) is 1. The van der Waals surface area contributed by atoms with E-state index in [1.54, 1.807) is 0 Å². The minimum absolute atomic E-state index is 0.345. The van der Waals surface area contributed by atoms with E-state index in [4.69, 9.17) is 0 Å². The summed E-state index contributed by atoms with van der Waals surface area (Å²) in [5.41, 5.74) is 0.736. The molecule has 0 saturated heterocycles. The Labute approximate surface area is 77.4 Å². The van der Waals surface area contributed by atoms with Crippen LogP contribution in [0.4, 0.5) is 23.2 Å². The van der Waals surface area contributed by atoms with Crippen LogP contribution in [-0.4, -0.2) is 7.11 Å². The largest absolute Gasteiger partial charge is 0.416 e. The number of nitrogens with one attached hydrogen (secondary N) is 1. The van der Waals surface area contributed by atoms with Gasteiger partial charge in [-0.05, 0) is 18.2 Å². The van der Waals surface area contributed by atoms with Crippen LogP contribution in [0.5, 0.6) is 0 Å². The lowest BCUT2D eigenvalue weighted by atomic mass is 10.2. The highest BCUT2D eigenvalue weighted by Crippen LogP contribution is 2.31. The van der Waals surface area contributed by atoms with Crippen LogP contribution in [-0.2, 0) is 11.0 Å². The fourth-order valence-electron chi connectivity index (χ4n) is 0.890. The van der Waals surface area contributed by atoms with Crippen molar-refractivity contribution in [2.75, 3.05) is 12.6 Å². The molecule has 0 aromatic heterocycles. The molecule has 0 heterocycles. The fourth-order valence-corrected chi connectivity index (χ4v) is 0.890. The molecule has 0 aliphatic carbocycles. The van der Waals surface area contributed by atoms with Gasteiger partial charge in [0.25, 0.3) is 0 Å². The molecule has 14 heavy (non-hydrogen) atoms. The van der Waals surface area contributed by atoms with Crippen molar-refractivity contribution < 1.29 is 22.4 Å². The van der Waals surface area contributed by atoms with Crippen molar-refractivity contribution in [1.29, 1.82) is 0 Å². The Morgan fingerprint density at radius 3 is 2.43 bits per heavy atom. The third-order valence-electron chi connectivity index (χ3n) is 1.51. The average molecular weight is 209 g/mol. The minimum Gasteiger partial charge on any atom is -0.279 e. The molecule has 0 saturated carbocycles. The molecule has 0 radical (unpaired) electrons. The van der Waals surface area contributed by atoms with Gasteiger partial charge in [-0.2, -0.15) is 13.2 Å². The molecular weight excluding hydrogens is 202 g/mol. The summed E-state index contributed by atoms with van der Waals surface area (Å²) < 4.78 is 49.3. The lowest BCUT2D eigenvalue weighted by Crippen LogP contribution is -2.07. The Morgan fingerprint density at radius 2 is 1.93 bits per heavy atom. The number of hydrogen-bond acceptors (Lipinski definition) is 2. The first-order valence-corrected chi connectivity index (χ1v) is 3.61. The van der Waals surface area contributed by atoms with E-state index in [1.807, 2.05) is 5.48 Å². The molecule has 1 aromatic carbocycles. The van der Waals surface area contributed by atoms with Gasteiger partial charge >= 0.3 is 6.18 Å². The van der Waals surface area contributed by atoms with Crippen molar-refractivity contribution >= 4 is 5.69 Å². The fraction of sp³-hybridized carbons (Fsp3) is 0.250. The van der Waals surface area contributed by atoms with Crippen molar-refractivity contribution in [3.8, 4) is 0 Å². The van der Waals surface area contributed by atoms with Crippen LogP contribution in [0, 0.1) is 5.82 Å². The molecule has 1 N–H and O–H groups in total. The summed E-state index contributed by atoms with van der Waals surface area (Å²) >= 11 is 0. The summed E-state index contributed by atoms with van der Waals surface area (Å²) in [6, 6.07) is 2.03. The molecule has 0 aliphatic rings. The molecule has 1 aromatic rings. The normalized spacial score (nSPS) is 11.5. The van der Waals surface area contributed by atoms with Gasteiger partial charge in [-0.1, -0.05) is 0 Å². The van der Waals surface area contributed by atoms with Gasteiger partial charge in [-0.15, -0.1) is 0 Å². The predicted octanol–water partition coefficient (Wildman–Crippen LogP) is 2.82. The number of anilines is 1. The van der Waals surface area contributed by atoms with Crippen molar-refractivity contribution in [2.45, 2.75) is 6.18 Å². The van der Waals surface area contributed by atoms with E-state index < -0.39 is 17.6 Å². The van der Waals surface area contributed by atoms with Gasteiger partial charge < -0.3 is 0 Å². The summed E-state index contributed by atoms with van der Waals surface area (Å²) in [6.07, 6.45) is -4.49. The Hall–Kier alpha value is -1.30. The van der Waals surface area contributed by atoms with Gasteiger partial charge in [-0.3, -0.25) is 10.3 Å². The molecule has 0 fully saturated rings. The zero-order valence-electron chi connectivity index (χ0n) is 7.15.